The van der Waals surface area contributed by atoms with Gasteiger partial charge in [-0.15, -0.1) is 0 Å². The molecule has 2 unspecified atom stereocenters. The maximum atomic E-state index is 10.5. The fourth-order valence-electron chi connectivity index (χ4n) is 2.62. The molecule has 2 aromatic rings. The van der Waals surface area contributed by atoms with Gasteiger partial charge in [-0.1, -0.05) is 12.0 Å². The predicted molar refractivity (Wildman–Crippen MR) is 85.0 cm³/mol. The van der Waals surface area contributed by atoms with Crippen LogP contribution in [0.2, 0.25) is 0 Å². The number of anilines is 1. The van der Waals surface area contributed by atoms with Gasteiger partial charge in [0.25, 0.3) is 0 Å². The molecule has 0 amide bonds. The summed E-state index contributed by atoms with van der Waals surface area (Å²) < 4.78 is 1.76. The molecule has 7 heteroatoms. The fraction of sp³-hybridized carbons (Fsp3) is 0.375. The minimum absolute atomic E-state index is 0.428. The van der Waals surface area contributed by atoms with Gasteiger partial charge >= 0.3 is 0 Å². The van der Waals surface area contributed by atoms with Gasteiger partial charge in [0.15, 0.2) is 18.4 Å². The number of fused-ring (bicyclic) bond motifs is 1. The van der Waals surface area contributed by atoms with Crippen LogP contribution in [0, 0.1) is 11.8 Å². The average molecular weight is 313 g/mol. The molecule has 1 aliphatic heterocycles. The van der Waals surface area contributed by atoms with Crippen molar-refractivity contribution in [2.45, 2.75) is 19.0 Å². The van der Waals surface area contributed by atoms with Gasteiger partial charge < -0.3 is 19.7 Å². The minimum atomic E-state index is -0.941. The van der Waals surface area contributed by atoms with E-state index in [9.17, 15) is 10.2 Å². The highest BCUT2D eigenvalue weighted by atomic mass is 16.3. The number of aryl methyl sites for hydroxylation is 1. The third-order valence-corrected chi connectivity index (χ3v) is 3.87. The number of imidazole rings is 1. The zero-order valence-electron chi connectivity index (χ0n) is 13.1. The Labute approximate surface area is 134 Å². The van der Waals surface area contributed by atoms with Gasteiger partial charge in [-0.25, -0.2) is 14.9 Å². The lowest BCUT2D eigenvalue weighted by molar-refractivity contribution is -0.113. The number of rotatable bonds is 2. The molecule has 0 spiro atoms. The van der Waals surface area contributed by atoms with Crippen LogP contribution in [0.15, 0.2) is 30.7 Å². The Hall–Kier alpha value is -2.40. The molecule has 120 valence electrons. The number of aromatic nitrogens is 3. The largest absolute Gasteiger partial charge is 0.372 e. The molecule has 23 heavy (non-hydrogen) atoms. The lowest BCUT2D eigenvalue weighted by Crippen LogP contribution is -2.53. The van der Waals surface area contributed by atoms with Gasteiger partial charge in [-0.05, 0) is 18.1 Å². The van der Waals surface area contributed by atoms with E-state index in [1.165, 1.54) is 0 Å². The Morgan fingerprint density at radius 1 is 1.22 bits per heavy atom. The van der Waals surface area contributed by atoms with E-state index in [-0.39, 0.29) is 0 Å². The van der Waals surface area contributed by atoms with Crippen molar-refractivity contribution in [2.24, 2.45) is 7.05 Å². The lowest BCUT2D eigenvalue weighted by atomic mass is 10.2. The molecule has 0 radical (unpaired) electrons. The molecule has 0 saturated heterocycles. The van der Waals surface area contributed by atoms with Crippen LogP contribution in [0.25, 0.3) is 0 Å². The normalized spacial score (nSPS) is 20.8. The molecular formula is C16H19N5O2. The van der Waals surface area contributed by atoms with Crippen molar-refractivity contribution in [3.8, 4) is 11.8 Å². The first-order valence-electron chi connectivity index (χ1n) is 7.35. The van der Waals surface area contributed by atoms with Crippen LogP contribution in [0.3, 0.4) is 0 Å². The van der Waals surface area contributed by atoms with Crippen LogP contribution >= 0.6 is 0 Å². The summed E-state index contributed by atoms with van der Waals surface area (Å²) in [5, 5.41) is 20.9. The molecule has 2 aromatic heterocycles. The van der Waals surface area contributed by atoms with Gasteiger partial charge in [0, 0.05) is 33.3 Å². The fourth-order valence-corrected chi connectivity index (χ4v) is 2.62. The highest BCUT2D eigenvalue weighted by Gasteiger charge is 2.37. The van der Waals surface area contributed by atoms with Crippen molar-refractivity contribution < 1.29 is 10.2 Å². The summed E-state index contributed by atoms with van der Waals surface area (Å²) in [5.74, 6) is 6.57. The minimum Gasteiger partial charge on any atom is -0.372 e. The van der Waals surface area contributed by atoms with Crippen molar-refractivity contribution in [3.05, 3.63) is 42.1 Å². The summed E-state index contributed by atoms with van der Waals surface area (Å²) in [5.41, 5.74) is 1.37. The number of pyridine rings is 1. The molecule has 0 saturated carbocycles. The summed E-state index contributed by atoms with van der Waals surface area (Å²) in [4.78, 5) is 11.6. The Kier molecular flexibility index (Phi) is 4.30. The van der Waals surface area contributed by atoms with Crippen LogP contribution in [-0.4, -0.2) is 49.6 Å². The van der Waals surface area contributed by atoms with Crippen LogP contribution in [-0.2, 0) is 7.05 Å². The molecule has 0 bridgehead atoms. The van der Waals surface area contributed by atoms with Crippen LogP contribution in [0.1, 0.15) is 24.0 Å². The summed E-state index contributed by atoms with van der Waals surface area (Å²) in [7, 11) is 3.56. The highest BCUT2D eigenvalue weighted by molar-refractivity contribution is 5.47. The van der Waals surface area contributed by atoms with Gasteiger partial charge in [0.2, 0.25) is 0 Å². The molecule has 2 atom stereocenters. The topological polar surface area (TPSA) is 77.7 Å². The van der Waals surface area contributed by atoms with E-state index in [0.717, 1.165) is 0 Å². The summed E-state index contributed by atoms with van der Waals surface area (Å²) in [6, 6.07) is 5.56. The average Bonchev–Trinajstić information content (AvgIpc) is 2.95. The maximum Gasteiger partial charge on any atom is 0.189 e. The Bertz CT molecular complexity index is 734. The van der Waals surface area contributed by atoms with Crippen molar-refractivity contribution in [2.75, 3.05) is 18.5 Å². The van der Waals surface area contributed by atoms with E-state index < -0.39 is 12.6 Å². The van der Waals surface area contributed by atoms with Crippen molar-refractivity contribution in [1.82, 2.24) is 19.4 Å². The molecule has 7 nitrogen and oxygen atoms in total. The molecule has 0 aliphatic carbocycles. The molecule has 3 rings (SSSR count). The van der Waals surface area contributed by atoms with Crippen LogP contribution in [0.5, 0.6) is 0 Å². The zero-order valence-corrected chi connectivity index (χ0v) is 13.1. The third-order valence-electron chi connectivity index (χ3n) is 3.87. The monoisotopic (exact) mass is 313 g/mol. The molecule has 2 N–H and O–H groups in total. The lowest BCUT2D eigenvalue weighted by Gasteiger charge is -2.41. The van der Waals surface area contributed by atoms with E-state index in [2.05, 4.69) is 21.8 Å². The van der Waals surface area contributed by atoms with Crippen LogP contribution < -0.4 is 4.90 Å². The predicted octanol–water partition coefficient (Wildman–Crippen LogP) is 0.275. The quantitative estimate of drug-likeness (QED) is 0.775. The molecule has 3 heterocycles. The first-order chi connectivity index (χ1) is 11.1. The zero-order chi connectivity index (χ0) is 16.4. The number of aliphatic hydroxyl groups is 2. The molecular weight excluding hydrogens is 294 g/mol. The van der Waals surface area contributed by atoms with E-state index in [1.807, 2.05) is 25.2 Å². The van der Waals surface area contributed by atoms with E-state index in [4.69, 9.17) is 0 Å². The Morgan fingerprint density at radius 3 is 2.78 bits per heavy atom. The van der Waals surface area contributed by atoms with Gasteiger partial charge in [-0.3, -0.25) is 0 Å². The molecule has 0 fully saturated rings. The van der Waals surface area contributed by atoms with E-state index >= 15 is 0 Å². The highest BCUT2D eigenvalue weighted by Crippen LogP contribution is 2.34. The SMILES string of the molecule is CN1c2ncn(C)c2C(O)N(CCC#Cc2ccccn2)C1O. The van der Waals surface area contributed by atoms with Crippen LogP contribution in [0.4, 0.5) is 5.82 Å². The van der Waals surface area contributed by atoms with E-state index in [1.54, 1.807) is 33.9 Å². The number of hydrogen-bond acceptors (Lipinski definition) is 6. The second-order valence-corrected chi connectivity index (χ2v) is 5.40. The van der Waals surface area contributed by atoms with E-state index in [0.29, 0.717) is 30.2 Å². The number of aliphatic hydroxyl groups excluding tert-OH is 2. The summed E-state index contributed by atoms with van der Waals surface area (Å²) in [6.07, 6.45) is 1.97. The standard InChI is InChI=1S/C16H19N5O2/c1-19-11-18-14-13(19)15(22)21(16(23)20(14)2)10-6-4-8-12-7-3-5-9-17-12/h3,5,7,9,11,15-16,22-23H,6,10H2,1-2H3. The molecule has 0 aromatic carbocycles. The van der Waals surface area contributed by atoms with Crippen molar-refractivity contribution in [1.29, 1.82) is 0 Å². The first kappa shape index (κ1) is 15.5. The second-order valence-electron chi connectivity index (χ2n) is 5.40. The summed E-state index contributed by atoms with van der Waals surface area (Å²) in [6.45, 7) is 0.428. The van der Waals surface area contributed by atoms with Gasteiger partial charge in [-0.2, -0.15) is 0 Å². The van der Waals surface area contributed by atoms with Crippen molar-refractivity contribution >= 4 is 5.82 Å². The Morgan fingerprint density at radius 2 is 2.04 bits per heavy atom. The number of hydrogen-bond donors (Lipinski definition) is 2. The second kappa shape index (κ2) is 6.38. The number of nitrogens with zero attached hydrogens (tertiary/aromatic N) is 5. The molecule has 1 aliphatic rings. The summed E-state index contributed by atoms with van der Waals surface area (Å²) >= 11 is 0. The van der Waals surface area contributed by atoms with Gasteiger partial charge in [0.1, 0.15) is 11.4 Å². The van der Waals surface area contributed by atoms with Gasteiger partial charge in [0.05, 0.1) is 6.33 Å². The smallest absolute Gasteiger partial charge is 0.189 e. The first-order valence-corrected chi connectivity index (χ1v) is 7.35. The third kappa shape index (κ3) is 2.92. The Balaban J connectivity index is 1.71. The maximum absolute atomic E-state index is 10.5. The van der Waals surface area contributed by atoms with Crippen molar-refractivity contribution in [3.63, 3.8) is 0 Å².